The Balaban J connectivity index is 1.39. The number of carbonyl (C=O) groups excluding carboxylic acids is 1. The summed E-state index contributed by atoms with van der Waals surface area (Å²) in [4.78, 5) is 19.2. The molecule has 6 heteroatoms. The third-order valence-corrected chi connectivity index (χ3v) is 5.18. The minimum Gasteiger partial charge on any atom is -0.354 e. The minimum absolute atomic E-state index is 0.0676. The second kappa shape index (κ2) is 6.73. The molecular formula is C18H23N5O. The first-order chi connectivity index (χ1) is 11.8. The quantitative estimate of drug-likeness (QED) is 0.906. The maximum Gasteiger partial charge on any atom is 0.246 e. The van der Waals surface area contributed by atoms with Gasteiger partial charge in [-0.3, -0.25) is 19.4 Å². The lowest BCUT2D eigenvalue weighted by molar-refractivity contribution is -0.126. The van der Waals surface area contributed by atoms with Crippen LogP contribution in [0.3, 0.4) is 0 Å². The molecule has 24 heavy (non-hydrogen) atoms. The van der Waals surface area contributed by atoms with Gasteiger partial charge >= 0.3 is 0 Å². The molecule has 2 aliphatic rings. The Morgan fingerprint density at radius 3 is 2.79 bits per heavy atom. The van der Waals surface area contributed by atoms with Crippen molar-refractivity contribution in [2.75, 3.05) is 13.1 Å². The maximum absolute atomic E-state index is 12.7. The Morgan fingerprint density at radius 1 is 1.21 bits per heavy atom. The van der Waals surface area contributed by atoms with Crippen LogP contribution < -0.4 is 5.32 Å². The van der Waals surface area contributed by atoms with Crippen molar-refractivity contribution in [3.63, 3.8) is 0 Å². The van der Waals surface area contributed by atoms with E-state index in [-0.39, 0.29) is 11.9 Å². The predicted molar refractivity (Wildman–Crippen MR) is 90.3 cm³/mol. The highest BCUT2D eigenvalue weighted by molar-refractivity contribution is 5.80. The van der Waals surface area contributed by atoms with Crippen molar-refractivity contribution >= 4 is 5.91 Å². The van der Waals surface area contributed by atoms with Gasteiger partial charge in [-0.1, -0.05) is 6.42 Å². The summed E-state index contributed by atoms with van der Waals surface area (Å²) in [7, 11) is 0. The SMILES string of the molecule is O=C(NCCc1ccncc1)C1CN(C2CCC2)Cc2ccnn21. The average Bonchev–Trinajstić information content (AvgIpc) is 3.02. The van der Waals surface area contributed by atoms with Crippen LogP contribution in [-0.2, 0) is 17.8 Å². The molecule has 1 N–H and O–H groups in total. The third kappa shape index (κ3) is 3.06. The Bertz CT molecular complexity index is 694. The molecule has 1 aliphatic heterocycles. The first kappa shape index (κ1) is 15.3. The molecule has 1 saturated carbocycles. The molecular weight excluding hydrogens is 302 g/mol. The Kier molecular flexibility index (Phi) is 4.30. The molecule has 3 heterocycles. The van der Waals surface area contributed by atoms with E-state index in [9.17, 15) is 4.79 Å². The van der Waals surface area contributed by atoms with Gasteiger partial charge in [0.1, 0.15) is 6.04 Å². The molecule has 0 aromatic carbocycles. The second-order valence-electron chi connectivity index (χ2n) is 6.69. The fourth-order valence-corrected chi connectivity index (χ4v) is 3.54. The van der Waals surface area contributed by atoms with Crippen molar-refractivity contribution in [3.8, 4) is 0 Å². The van der Waals surface area contributed by atoms with Crippen LogP contribution in [0, 0.1) is 0 Å². The number of pyridine rings is 1. The molecule has 2 aromatic rings. The molecule has 1 amide bonds. The van der Waals surface area contributed by atoms with Crippen molar-refractivity contribution in [2.45, 2.75) is 44.3 Å². The van der Waals surface area contributed by atoms with E-state index >= 15 is 0 Å². The highest BCUT2D eigenvalue weighted by Crippen LogP contribution is 2.30. The fourth-order valence-electron chi connectivity index (χ4n) is 3.54. The highest BCUT2D eigenvalue weighted by atomic mass is 16.2. The van der Waals surface area contributed by atoms with Gasteiger partial charge in [-0.15, -0.1) is 0 Å². The van der Waals surface area contributed by atoms with Crippen molar-refractivity contribution in [1.29, 1.82) is 0 Å². The average molecular weight is 325 g/mol. The summed E-state index contributed by atoms with van der Waals surface area (Å²) < 4.78 is 1.90. The molecule has 0 radical (unpaired) electrons. The zero-order chi connectivity index (χ0) is 16.4. The summed E-state index contributed by atoms with van der Waals surface area (Å²) in [6.07, 6.45) is 10.0. The van der Waals surface area contributed by atoms with Crippen molar-refractivity contribution in [2.24, 2.45) is 0 Å². The summed E-state index contributed by atoms with van der Waals surface area (Å²) in [6, 6.07) is 6.41. The number of amides is 1. The van der Waals surface area contributed by atoms with Crippen LogP contribution in [0.4, 0.5) is 0 Å². The molecule has 1 atom stereocenters. The van der Waals surface area contributed by atoms with E-state index < -0.39 is 0 Å². The minimum atomic E-state index is -0.221. The van der Waals surface area contributed by atoms with Crippen LogP contribution in [0.2, 0.25) is 0 Å². The van der Waals surface area contributed by atoms with E-state index in [0.29, 0.717) is 12.6 Å². The summed E-state index contributed by atoms with van der Waals surface area (Å²) >= 11 is 0. The number of nitrogens with one attached hydrogen (secondary N) is 1. The predicted octanol–water partition coefficient (Wildman–Crippen LogP) is 1.55. The van der Waals surface area contributed by atoms with Gasteiger partial charge in [0.25, 0.3) is 0 Å². The van der Waals surface area contributed by atoms with Gasteiger partial charge in [0.05, 0.1) is 5.69 Å². The summed E-state index contributed by atoms with van der Waals surface area (Å²) in [6.45, 7) is 2.31. The summed E-state index contributed by atoms with van der Waals surface area (Å²) in [5.41, 5.74) is 2.33. The number of nitrogens with zero attached hydrogens (tertiary/aromatic N) is 4. The fraction of sp³-hybridized carbons (Fsp3) is 0.500. The van der Waals surface area contributed by atoms with Crippen LogP contribution in [0.25, 0.3) is 0 Å². The number of rotatable bonds is 5. The molecule has 1 fully saturated rings. The Labute approximate surface area is 141 Å². The number of hydrogen-bond donors (Lipinski definition) is 1. The molecule has 6 nitrogen and oxygen atoms in total. The lowest BCUT2D eigenvalue weighted by Crippen LogP contribution is -2.50. The monoisotopic (exact) mass is 325 g/mol. The molecule has 4 rings (SSSR count). The van der Waals surface area contributed by atoms with Crippen LogP contribution in [0.15, 0.2) is 36.8 Å². The van der Waals surface area contributed by atoms with Crippen LogP contribution in [0.1, 0.15) is 36.6 Å². The largest absolute Gasteiger partial charge is 0.354 e. The number of aromatic nitrogens is 3. The molecule has 0 bridgehead atoms. The number of carbonyl (C=O) groups is 1. The topological polar surface area (TPSA) is 63.1 Å². The molecule has 1 aliphatic carbocycles. The summed E-state index contributed by atoms with van der Waals surface area (Å²) in [5, 5.41) is 7.46. The normalized spacial score (nSPS) is 21.1. The van der Waals surface area contributed by atoms with E-state index in [1.165, 1.54) is 24.8 Å². The number of hydrogen-bond acceptors (Lipinski definition) is 4. The molecule has 2 aromatic heterocycles. The second-order valence-corrected chi connectivity index (χ2v) is 6.69. The van der Waals surface area contributed by atoms with E-state index in [0.717, 1.165) is 25.2 Å². The van der Waals surface area contributed by atoms with Gasteiger partial charge in [-0.05, 0) is 43.0 Å². The van der Waals surface area contributed by atoms with Crippen molar-refractivity contribution in [1.82, 2.24) is 25.0 Å². The Hall–Kier alpha value is -2.21. The van der Waals surface area contributed by atoms with Crippen molar-refractivity contribution in [3.05, 3.63) is 48.0 Å². The van der Waals surface area contributed by atoms with Gasteiger partial charge in [0.2, 0.25) is 5.91 Å². The lowest BCUT2D eigenvalue weighted by Gasteiger charge is -2.42. The highest BCUT2D eigenvalue weighted by Gasteiger charge is 2.35. The van der Waals surface area contributed by atoms with E-state index in [2.05, 4.69) is 20.3 Å². The zero-order valence-electron chi connectivity index (χ0n) is 13.8. The first-order valence-corrected chi connectivity index (χ1v) is 8.74. The zero-order valence-corrected chi connectivity index (χ0v) is 13.8. The number of fused-ring (bicyclic) bond motifs is 1. The lowest BCUT2D eigenvalue weighted by atomic mass is 9.90. The summed E-state index contributed by atoms with van der Waals surface area (Å²) in [5.74, 6) is 0.0676. The van der Waals surface area contributed by atoms with Gasteiger partial charge in [0, 0.05) is 44.3 Å². The maximum atomic E-state index is 12.7. The molecule has 0 saturated heterocycles. The van der Waals surface area contributed by atoms with Crippen LogP contribution in [-0.4, -0.2) is 44.7 Å². The van der Waals surface area contributed by atoms with Crippen molar-refractivity contribution < 1.29 is 4.79 Å². The molecule has 1 unspecified atom stereocenters. The molecule has 126 valence electrons. The van der Waals surface area contributed by atoms with Crippen LogP contribution in [0.5, 0.6) is 0 Å². The standard InChI is InChI=1S/C18H23N5O/c24-18(20-10-6-14-4-8-19-9-5-14)17-13-22(15-2-1-3-15)12-16-7-11-21-23(16)17/h4-5,7-9,11,15,17H,1-3,6,10,12-13H2,(H,20,24). The van der Waals surface area contributed by atoms with E-state index in [1.807, 2.05) is 22.9 Å². The Morgan fingerprint density at radius 2 is 2.04 bits per heavy atom. The van der Waals surface area contributed by atoms with Gasteiger partial charge in [-0.2, -0.15) is 5.10 Å². The molecule has 0 spiro atoms. The smallest absolute Gasteiger partial charge is 0.246 e. The van der Waals surface area contributed by atoms with Gasteiger partial charge < -0.3 is 5.32 Å². The van der Waals surface area contributed by atoms with E-state index in [4.69, 9.17) is 0 Å². The van der Waals surface area contributed by atoms with E-state index in [1.54, 1.807) is 18.6 Å². The first-order valence-electron chi connectivity index (χ1n) is 8.74. The van der Waals surface area contributed by atoms with Gasteiger partial charge in [0.15, 0.2) is 0 Å². The third-order valence-electron chi connectivity index (χ3n) is 5.18. The van der Waals surface area contributed by atoms with Crippen LogP contribution >= 0.6 is 0 Å². The van der Waals surface area contributed by atoms with Gasteiger partial charge in [-0.25, -0.2) is 0 Å².